The van der Waals surface area contributed by atoms with Gasteiger partial charge in [0, 0.05) is 6.07 Å². The van der Waals surface area contributed by atoms with Gasteiger partial charge in [-0.05, 0) is 36.5 Å². The maximum atomic E-state index is 11.8. The van der Waals surface area contributed by atoms with Crippen LogP contribution in [0.5, 0.6) is 5.75 Å². The van der Waals surface area contributed by atoms with Crippen molar-refractivity contribution in [1.29, 1.82) is 0 Å². The molecule has 4 amide bonds. The molecule has 1 saturated heterocycles. The Bertz CT molecular complexity index is 836. The van der Waals surface area contributed by atoms with Crippen LogP contribution in [0.3, 0.4) is 0 Å². The summed E-state index contributed by atoms with van der Waals surface area (Å²) in [6.07, 6.45) is 9.43. The van der Waals surface area contributed by atoms with E-state index in [0.29, 0.717) is 6.61 Å². The number of urea groups is 1. The Labute approximate surface area is 167 Å². The molecule has 1 aliphatic carbocycles. The van der Waals surface area contributed by atoms with Crippen LogP contribution in [-0.2, 0) is 9.59 Å². The van der Waals surface area contributed by atoms with Crippen molar-refractivity contribution in [2.24, 2.45) is 5.92 Å². The van der Waals surface area contributed by atoms with Gasteiger partial charge in [0.2, 0.25) is 0 Å². The molecule has 0 atom stereocenters. The fourth-order valence-corrected chi connectivity index (χ4v) is 3.69. The topological polar surface area (TPSA) is 128 Å². The summed E-state index contributed by atoms with van der Waals surface area (Å²) in [6.45, 7) is 0.394. The van der Waals surface area contributed by atoms with E-state index in [9.17, 15) is 24.5 Å². The standard InChI is InChI=1S/C20H23N3O6/c24-18-15(19(25)22-20(26)21-18)11-14-8-9-17(16(12-14)23(27)28)29-10-4-7-13-5-2-1-3-6-13/h8-9,11-13H,1-7,10H2,(H2,21,22,24,25,26). The molecular formula is C20H23N3O6. The number of rotatable bonds is 7. The fourth-order valence-electron chi connectivity index (χ4n) is 3.69. The number of carbonyl (C=O) groups is 3. The van der Waals surface area contributed by atoms with Gasteiger partial charge in [0.15, 0.2) is 5.75 Å². The van der Waals surface area contributed by atoms with Crippen molar-refractivity contribution in [3.8, 4) is 5.75 Å². The number of hydrogen-bond donors (Lipinski definition) is 2. The molecule has 2 N–H and O–H groups in total. The van der Waals surface area contributed by atoms with Crippen molar-refractivity contribution in [1.82, 2.24) is 10.6 Å². The lowest BCUT2D eigenvalue weighted by molar-refractivity contribution is -0.385. The Morgan fingerprint density at radius 3 is 2.45 bits per heavy atom. The van der Waals surface area contributed by atoms with Crippen molar-refractivity contribution in [2.45, 2.75) is 44.9 Å². The van der Waals surface area contributed by atoms with Crippen LogP contribution >= 0.6 is 0 Å². The summed E-state index contributed by atoms with van der Waals surface area (Å²) in [7, 11) is 0. The molecule has 0 aromatic heterocycles. The zero-order chi connectivity index (χ0) is 20.8. The van der Waals surface area contributed by atoms with Crippen LogP contribution in [0.4, 0.5) is 10.5 Å². The largest absolute Gasteiger partial charge is 0.487 e. The van der Waals surface area contributed by atoms with E-state index >= 15 is 0 Å². The number of nitro groups is 1. The molecule has 1 aromatic rings. The number of benzene rings is 1. The minimum atomic E-state index is -0.903. The van der Waals surface area contributed by atoms with Gasteiger partial charge in [0.1, 0.15) is 5.57 Å². The molecule has 1 aliphatic heterocycles. The lowest BCUT2D eigenvalue weighted by Gasteiger charge is -2.21. The van der Waals surface area contributed by atoms with Gasteiger partial charge < -0.3 is 4.74 Å². The van der Waals surface area contributed by atoms with E-state index < -0.39 is 22.8 Å². The van der Waals surface area contributed by atoms with Gasteiger partial charge in [0.05, 0.1) is 11.5 Å². The minimum absolute atomic E-state index is 0.147. The lowest BCUT2D eigenvalue weighted by atomic mass is 9.86. The molecule has 9 heteroatoms. The van der Waals surface area contributed by atoms with E-state index in [0.717, 1.165) is 18.8 Å². The minimum Gasteiger partial charge on any atom is -0.487 e. The molecule has 0 unspecified atom stereocenters. The summed E-state index contributed by atoms with van der Waals surface area (Å²) in [4.78, 5) is 45.5. The summed E-state index contributed by atoms with van der Waals surface area (Å²) < 4.78 is 5.63. The van der Waals surface area contributed by atoms with Crippen molar-refractivity contribution in [2.75, 3.05) is 6.61 Å². The lowest BCUT2D eigenvalue weighted by Crippen LogP contribution is -2.51. The summed E-state index contributed by atoms with van der Waals surface area (Å²) in [6, 6.07) is 3.31. The molecular weight excluding hydrogens is 378 g/mol. The molecule has 1 saturated carbocycles. The average molecular weight is 401 g/mol. The second-order valence-corrected chi connectivity index (χ2v) is 7.27. The first kappa shape index (κ1) is 20.5. The van der Waals surface area contributed by atoms with Crippen LogP contribution < -0.4 is 15.4 Å². The number of nitrogens with one attached hydrogen (secondary N) is 2. The van der Waals surface area contributed by atoms with Gasteiger partial charge in [-0.2, -0.15) is 0 Å². The zero-order valence-corrected chi connectivity index (χ0v) is 15.9. The third-order valence-electron chi connectivity index (χ3n) is 5.17. The Morgan fingerprint density at radius 1 is 1.10 bits per heavy atom. The van der Waals surface area contributed by atoms with Crippen LogP contribution in [0.1, 0.15) is 50.5 Å². The van der Waals surface area contributed by atoms with Gasteiger partial charge >= 0.3 is 11.7 Å². The van der Waals surface area contributed by atoms with E-state index in [-0.39, 0.29) is 22.6 Å². The van der Waals surface area contributed by atoms with Crippen LogP contribution in [0, 0.1) is 16.0 Å². The number of carbonyl (C=O) groups excluding carboxylic acids is 3. The Morgan fingerprint density at radius 2 is 1.79 bits per heavy atom. The fraction of sp³-hybridized carbons (Fsp3) is 0.450. The van der Waals surface area contributed by atoms with Crippen molar-refractivity contribution < 1.29 is 24.0 Å². The first-order chi connectivity index (χ1) is 13.9. The molecule has 2 fully saturated rings. The predicted molar refractivity (Wildman–Crippen MR) is 104 cm³/mol. The quantitative estimate of drug-likeness (QED) is 0.238. The molecule has 1 aromatic carbocycles. The summed E-state index contributed by atoms with van der Waals surface area (Å²) in [5, 5.41) is 15.3. The second kappa shape index (κ2) is 9.31. The van der Waals surface area contributed by atoms with Crippen molar-refractivity contribution in [3.05, 3.63) is 39.4 Å². The van der Waals surface area contributed by atoms with Crippen LogP contribution in [0.2, 0.25) is 0 Å². The average Bonchev–Trinajstić information content (AvgIpc) is 2.69. The van der Waals surface area contributed by atoms with Gasteiger partial charge in [0.25, 0.3) is 11.8 Å². The SMILES string of the molecule is O=C1NC(=O)C(=Cc2ccc(OCCCC3CCCCC3)c([N+](=O)[O-])c2)C(=O)N1. The highest BCUT2D eigenvalue weighted by atomic mass is 16.6. The number of nitro benzene ring substituents is 1. The molecule has 154 valence electrons. The second-order valence-electron chi connectivity index (χ2n) is 7.27. The summed E-state index contributed by atoms with van der Waals surface area (Å²) >= 11 is 0. The molecule has 3 rings (SSSR count). The van der Waals surface area contributed by atoms with E-state index in [1.807, 2.05) is 10.6 Å². The van der Waals surface area contributed by atoms with E-state index in [2.05, 4.69) is 0 Å². The first-order valence-corrected chi connectivity index (χ1v) is 9.73. The highest BCUT2D eigenvalue weighted by Crippen LogP contribution is 2.30. The molecule has 29 heavy (non-hydrogen) atoms. The third-order valence-corrected chi connectivity index (χ3v) is 5.17. The number of barbiturate groups is 1. The highest BCUT2D eigenvalue weighted by Gasteiger charge is 2.28. The smallest absolute Gasteiger partial charge is 0.328 e. The predicted octanol–water partition coefficient (Wildman–Crippen LogP) is 3.08. The van der Waals surface area contributed by atoms with Gasteiger partial charge in [-0.15, -0.1) is 0 Å². The molecule has 2 aliphatic rings. The highest BCUT2D eigenvalue weighted by molar-refractivity contribution is 6.31. The molecule has 0 spiro atoms. The van der Waals surface area contributed by atoms with Crippen LogP contribution in [0.25, 0.3) is 6.08 Å². The third kappa shape index (κ3) is 5.40. The number of imide groups is 2. The Hall–Kier alpha value is -3.23. The first-order valence-electron chi connectivity index (χ1n) is 9.73. The van der Waals surface area contributed by atoms with Crippen LogP contribution in [-0.4, -0.2) is 29.4 Å². The molecule has 9 nitrogen and oxygen atoms in total. The number of hydrogen-bond acceptors (Lipinski definition) is 6. The maximum Gasteiger partial charge on any atom is 0.328 e. The molecule has 1 heterocycles. The Balaban J connectivity index is 1.66. The number of ether oxygens (including phenoxy) is 1. The Kier molecular flexibility index (Phi) is 6.58. The van der Waals surface area contributed by atoms with Crippen molar-refractivity contribution in [3.63, 3.8) is 0 Å². The monoisotopic (exact) mass is 401 g/mol. The normalized spacial score (nSPS) is 17.5. The van der Waals surface area contributed by atoms with Crippen molar-refractivity contribution >= 4 is 29.6 Å². The zero-order valence-electron chi connectivity index (χ0n) is 15.9. The van der Waals surface area contributed by atoms with Crippen LogP contribution in [0.15, 0.2) is 23.8 Å². The van der Waals surface area contributed by atoms with E-state index in [4.69, 9.17) is 4.74 Å². The van der Waals surface area contributed by atoms with Gasteiger partial charge in [-0.3, -0.25) is 30.3 Å². The van der Waals surface area contributed by atoms with E-state index in [1.165, 1.54) is 56.4 Å². The number of nitrogens with zero attached hydrogens (tertiary/aromatic N) is 1. The maximum absolute atomic E-state index is 11.8. The molecule has 0 radical (unpaired) electrons. The number of amides is 4. The summed E-state index contributed by atoms with van der Waals surface area (Å²) in [5.74, 6) is -0.849. The summed E-state index contributed by atoms with van der Waals surface area (Å²) in [5.41, 5.74) is -0.273. The van der Waals surface area contributed by atoms with Gasteiger partial charge in [-0.1, -0.05) is 38.2 Å². The molecule has 0 bridgehead atoms. The van der Waals surface area contributed by atoms with Gasteiger partial charge in [-0.25, -0.2) is 4.79 Å². The van der Waals surface area contributed by atoms with E-state index in [1.54, 1.807) is 0 Å².